The molecule has 44 heavy (non-hydrogen) atoms. The molecule has 0 unspecified atom stereocenters. The van der Waals surface area contributed by atoms with Crippen LogP contribution in [0.15, 0.2) is 58.4 Å². The number of carbonyl (C=O) groups excluding carboxylic acids is 3. The monoisotopic (exact) mass is 625 g/mol. The summed E-state index contributed by atoms with van der Waals surface area (Å²) in [7, 11) is -0.931. The number of rotatable bonds is 13. The Morgan fingerprint density at radius 2 is 1.82 bits per heavy atom. The first-order chi connectivity index (χ1) is 21.1. The zero-order chi connectivity index (χ0) is 31.7. The largest absolute Gasteiger partial charge is 0.384 e. The minimum Gasteiger partial charge on any atom is -0.384 e. The number of amidine groups is 1. The lowest BCUT2D eigenvalue weighted by Gasteiger charge is -2.34. The summed E-state index contributed by atoms with van der Waals surface area (Å²) in [6.45, 7) is 2.18. The Balaban J connectivity index is 1.50. The predicted molar refractivity (Wildman–Crippen MR) is 170 cm³/mol. The highest BCUT2D eigenvalue weighted by molar-refractivity contribution is 7.89. The number of hydrogen-bond donors (Lipinski definition) is 5. The van der Waals surface area contributed by atoms with E-state index >= 15 is 0 Å². The lowest BCUT2D eigenvalue weighted by molar-refractivity contribution is -0.134. The molecule has 0 aliphatic carbocycles. The molecule has 3 amide bonds. The van der Waals surface area contributed by atoms with Gasteiger partial charge in [-0.2, -0.15) is 4.72 Å². The Labute approximate surface area is 259 Å². The standard InChI is InChI=1S/C31H43N7O5S/c1-33-28(39)11-4-6-21-12-14-38(15-13-21)31(41)27(17-22-7-3-8-23(16-22)29(32)34-2)37-44(42,43)26-10-5-9-25(18-26)36-30(40)24-19-35-20-24/h3,5,7-10,16,18,21,24,27,35,37H,4,6,11-15,17,19-20H2,1-2H3,(H2,32,34)(H,33,39)(H,36,40)/t27-/m0/s1. The van der Waals surface area contributed by atoms with E-state index in [1.807, 2.05) is 6.07 Å². The zero-order valence-electron chi connectivity index (χ0n) is 25.3. The van der Waals surface area contributed by atoms with Crippen LogP contribution in [0.4, 0.5) is 5.69 Å². The number of likely N-dealkylation sites (tertiary alicyclic amines) is 1. The van der Waals surface area contributed by atoms with Gasteiger partial charge in [-0.05, 0) is 67.9 Å². The molecular formula is C31H43N7O5S. The van der Waals surface area contributed by atoms with E-state index in [9.17, 15) is 22.8 Å². The van der Waals surface area contributed by atoms with Crippen molar-refractivity contribution in [3.05, 3.63) is 59.7 Å². The van der Waals surface area contributed by atoms with E-state index in [1.165, 1.54) is 12.1 Å². The van der Waals surface area contributed by atoms with Crippen LogP contribution in [0, 0.1) is 11.8 Å². The molecule has 0 bridgehead atoms. The number of nitrogens with one attached hydrogen (secondary N) is 4. The minimum atomic E-state index is -4.15. The van der Waals surface area contributed by atoms with Crippen LogP contribution in [0.2, 0.25) is 0 Å². The summed E-state index contributed by atoms with van der Waals surface area (Å²) in [5.41, 5.74) is 7.79. The number of amides is 3. The summed E-state index contributed by atoms with van der Waals surface area (Å²) in [6.07, 6.45) is 3.86. The molecule has 2 saturated heterocycles. The minimum absolute atomic E-state index is 0.0207. The van der Waals surface area contributed by atoms with Gasteiger partial charge in [0.1, 0.15) is 11.9 Å². The molecule has 13 heteroatoms. The van der Waals surface area contributed by atoms with Crippen LogP contribution >= 0.6 is 0 Å². The molecule has 238 valence electrons. The van der Waals surface area contributed by atoms with E-state index < -0.39 is 16.1 Å². The lowest BCUT2D eigenvalue weighted by atomic mass is 9.91. The Kier molecular flexibility index (Phi) is 11.5. The third kappa shape index (κ3) is 8.87. The second kappa shape index (κ2) is 15.3. The van der Waals surface area contributed by atoms with Crippen molar-refractivity contribution in [2.45, 2.75) is 49.5 Å². The van der Waals surface area contributed by atoms with E-state index in [-0.39, 0.29) is 35.0 Å². The molecule has 2 aromatic carbocycles. The second-order valence-corrected chi connectivity index (χ2v) is 13.1. The number of aliphatic imine (C=N–C) groups is 1. The van der Waals surface area contributed by atoms with Gasteiger partial charge in [-0.1, -0.05) is 24.3 Å². The summed E-state index contributed by atoms with van der Waals surface area (Å²) < 4.78 is 30.0. The number of anilines is 1. The Morgan fingerprint density at radius 1 is 1.09 bits per heavy atom. The average Bonchev–Trinajstić information content (AvgIpc) is 2.99. The normalized spacial score (nSPS) is 17.0. The third-order valence-corrected chi connectivity index (χ3v) is 9.75. The van der Waals surface area contributed by atoms with Gasteiger partial charge in [0.2, 0.25) is 27.7 Å². The van der Waals surface area contributed by atoms with Crippen molar-refractivity contribution in [2.24, 2.45) is 22.6 Å². The highest BCUT2D eigenvalue weighted by Gasteiger charge is 2.32. The van der Waals surface area contributed by atoms with Crippen molar-refractivity contribution in [3.8, 4) is 0 Å². The second-order valence-electron chi connectivity index (χ2n) is 11.4. The maximum atomic E-state index is 13.9. The van der Waals surface area contributed by atoms with Crippen molar-refractivity contribution in [3.63, 3.8) is 0 Å². The highest BCUT2D eigenvalue weighted by atomic mass is 32.2. The molecule has 2 aromatic rings. The fourth-order valence-corrected chi connectivity index (χ4v) is 6.69. The van der Waals surface area contributed by atoms with Gasteiger partial charge in [0.05, 0.1) is 10.8 Å². The first-order valence-corrected chi connectivity index (χ1v) is 16.5. The third-order valence-electron chi connectivity index (χ3n) is 8.28. The van der Waals surface area contributed by atoms with Crippen LogP contribution in [-0.4, -0.2) is 83.2 Å². The quantitative estimate of drug-likeness (QED) is 0.164. The van der Waals surface area contributed by atoms with Gasteiger partial charge in [0.15, 0.2) is 0 Å². The molecule has 0 aromatic heterocycles. The number of sulfonamides is 1. The molecule has 1 atom stereocenters. The highest BCUT2D eigenvalue weighted by Crippen LogP contribution is 2.24. The molecule has 2 fully saturated rings. The van der Waals surface area contributed by atoms with E-state index in [1.54, 1.807) is 49.3 Å². The maximum absolute atomic E-state index is 13.9. The van der Waals surface area contributed by atoms with Crippen LogP contribution in [0.25, 0.3) is 0 Å². The lowest BCUT2D eigenvalue weighted by Crippen LogP contribution is -2.51. The number of hydrogen-bond acceptors (Lipinski definition) is 7. The van der Waals surface area contributed by atoms with Gasteiger partial charge < -0.3 is 26.6 Å². The smallest absolute Gasteiger partial charge is 0.241 e. The topological polar surface area (TPSA) is 175 Å². The fraction of sp³-hybridized carbons (Fsp3) is 0.484. The molecule has 12 nitrogen and oxygen atoms in total. The average molecular weight is 626 g/mol. The van der Waals surface area contributed by atoms with Crippen molar-refractivity contribution >= 4 is 39.3 Å². The summed E-state index contributed by atoms with van der Waals surface area (Å²) in [6, 6.07) is 12.2. The van der Waals surface area contributed by atoms with Crippen molar-refractivity contribution in [1.82, 2.24) is 20.3 Å². The van der Waals surface area contributed by atoms with E-state index in [0.29, 0.717) is 55.6 Å². The molecule has 0 radical (unpaired) electrons. The molecule has 2 heterocycles. The van der Waals surface area contributed by atoms with Gasteiger partial charge in [-0.25, -0.2) is 8.42 Å². The van der Waals surface area contributed by atoms with Gasteiger partial charge in [0.25, 0.3) is 0 Å². The van der Waals surface area contributed by atoms with Crippen LogP contribution < -0.4 is 26.4 Å². The Morgan fingerprint density at radius 3 is 2.48 bits per heavy atom. The van der Waals surface area contributed by atoms with E-state index in [4.69, 9.17) is 5.73 Å². The van der Waals surface area contributed by atoms with Gasteiger partial charge in [0, 0.05) is 57.9 Å². The first kappa shape index (κ1) is 33.1. The van der Waals surface area contributed by atoms with Crippen molar-refractivity contribution in [1.29, 1.82) is 0 Å². The number of nitrogens with zero attached hydrogens (tertiary/aromatic N) is 2. The molecular weight excluding hydrogens is 582 g/mol. The van der Waals surface area contributed by atoms with Gasteiger partial charge in [-0.3, -0.25) is 19.4 Å². The van der Waals surface area contributed by atoms with Crippen LogP contribution in [-0.2, 0) is 30.8 Å². The molecule has 2 aliphatic heterocycles. The van der Waals surface area contributed by atoms with Crippen LogP contribution in [0.3, 0.4) is 0 Å². The Bertz CT molecular complexity index is 1470. The van der Waals surface area contributed by atoms with E-state index in [0.717, 1.165) is 31.2 Å². The number of carbonyl (C=O) groups is 3. The van der Waals surface area contributed by atoms with Gasteiger partial charge in [-0.15, -0.1) is 0 Å². The molecule has 4 rings (SSSR count). The summed E-state index contributed by atoms with van der Waals surface area (Å²) in [5.74, 6) is 0.129. The SMILES string of the molecule is CN=C(N)c1cccc(C[C@H](NS(=O)(=O)c2cccc(NC(=O)C3CNC3)c2)C(=O)N2CCC(CCCC(=O)NC)CC2)c1. The predicted octanol–water partition coefficient (Wildman–Crippen LogP) is 1.22. The molecule has 6 N–H and O–H groups in total. The van der Waals surface area contributed by atoms with Crippen molar-refractivity contribution in [2.75, 3.05) is 45.6 Å². The molecule has 0 spiro atoms. The van der Waals surface area contributed by atoms with Gasteiger partial charge >= 0.3 is 0 Å². The first-order valence-electron chi connectivity index (χ1n) is 15.0. The number of nitrogens with two attached hydrogens (primary N) is 1. The number of benzene rings is 2. The fourth-order valence-electron chi connectivity index (χ4n) is 5.46. The Hall–Kier alpha value is -3.81. The maximum Gasteiger partial charge on any atom is 0.241 e. The number of piperidine rings is 1. The van der Waals surface area contributed by atoms with E-state index in [2.05, 4.69) is 25.7 Å². The molecule has 0 saturated carbocycles. The van der Waals surface area contributed by atoms with Crippen LogP contribution in [0.5, 0.6) is 0 Å². The summed E-state index contributed by atoms with van der Waals surface area (Å²) >= 11 is 0. The van der Waals surface area contributed by atoms with Crippen molar-refractivity contribution < 1.29 is 22.8 Å². The summed E-state index contributed by atoms with van der Waals surface area (Å²) in [4.78, 5) is 43.6. The summed E-state index contributed by atoms with van der Waals surface area (Å²) in [5, 5.41) is 8.46. The zero-order valence-corrected chi connectivity index (χ0v) is 26.2. The molecule has 2 aliphatic rings. The van der Waals surface area contributed by atoms with Crippen LogP contribution in [0.1, 0.15) is 43.2 Å².